The lowest BCUT2D eigenvalue weighted by molar-refractivity contribution is -0.137. The zero-order valence-electron chi connectivity index (χ0n) is 8.64. The molecule has 0 bridgehead atoms. The predicted octanol–water partition coefficient (Wildman–Crippen LogP) is 1.18. The van der Waals surface area contributed by atoms with Crippen LogP contribution < -0.4 is 10.5 Å². The molecular weight excluding hydrogens is 194 g/mol. The highest BCUT2D eigenvalue weighted by atomic mass is 16.5. The van der Waals surface area contributed by atoms with Crippen LogP contribution in [0.2, 0.25) is 0 Å². The minimum Gasteiger partial charge on any atom is -0.492 e. The van der Waals surface area contributed by atoms with Gasteiger partial charge in [-0.2, -0.15) is 0 Å². The number of nitrogens with two attached hydrogens (primary N) is 1. The second-order valence-electron chi connectivity index (χ2n) is 3.48. The van der Waals surface area contributed by atoms with Crippen molar-refractivity contribution in [1.82, 2.24) is 0 Å². The summed E-state index contributed by atoms with van der Waals surface area (Å²) in [5.74, 6) is -0.198. The fourth-order valence-electron chi connectivity index (χ4n) is 1.12. The number of hydrogen-bond acceptors (Lipinski definition) is 3. The fraction of sp³-hybridized carbons (Fsp3) is 0.364. The van der Waals surface area contributed by atoms with E-state index >= 15 is 0 Å². The molecule has 0 aliphatic rings. The van der Waals surface area contributed by atoms with Crippen LogP contribution in [-0.2, 0) is 4.79 Å². The quantitative estimate of drug-likeness (QED) is 0.763. The first-order chi connectivity index (χ1) is 7.08. The monoisotopic (exact) mass is 209 g/mol. The molecule has 0 heterocycles. The van der Waals surface area contributed by atoms with Gasteiger partial charge in [-0.05, 0) is 19.1 Å². The lowest BCUT2D eigenvalue weighted by Gasteiger charge is -2.11. The minimum absolute atomic E-state index is 0.0775. The fourth-order valence-corrected chi connectivity index (χ4v) is 1.12. The molecule has 0 saturated heterocycles. The SMILES string of the molecule is Cc1ccc(OCC(N)CC(=O)O)cc1. The van der Waals surface area contributed by atoms with E-state index < -0.39 is 12.0 Å². The molecule has 0 amide bonds. The van der Waals surface area contributed by atoms with Crippen LogP contribution in [0.4, 0.5) is 0 Å². The minimum atomic E-state index is -0.907. The van der Waals surface area contributed by atoms with Crippen molar-refractivity contribution in [3.63, 3.8) is 0 Å². The van der Waals surface area contributed by atoms with Crippen LogP contribution in [0.5, 0.6) is 5.75 Å². The van der Waals surface area contributed by atoms with E-state index in [4.69, 9.17) is 15.6 Å². The third-order valence-electron chi connectivity index (χ3n) is 1.92. The summed E-state index contributed by atoms with van der Waals surface area (Å²) in [6.45, 7) is 2.20. The summed E-state index contributed by atoms with van der Waals surface area (Å²) >= 11 is 0. The smallest absolute Gasteiger partial charge is 0.305 e. The van der Waals surface area contributed by atoms with Crippen molar-refractivity contribution in [2.75, 3.05) is 6.61 Å². The molecule has 1 unspecified atom stereocenters. The summed E-state index contributed by atoms with van der Waals surface area (Å²) in [6.07, 6.45) is -0.0775. The molecule has 1 atom stereocenters. The normalized spacial score (nSPS) is 12.1. The van der Waals surface area contributed by atoms with Crippen molar-refractivity contribution in [2.24, 2.45) is 5.73 Å². The number of ether oxygens (including phenoxy) is 1. The Morgan fingerprint density at radius 3 is 2.60 bits per heavy atom. The summed E-state index contributed by atoms with van der Waals surface area (Å²) in [5, 5.41) is 8.48. The van der Waals surface area contributed by atoms with Crippen LogP contribution in [-0.4, -0.2) is 23.7 Å². The molecule has 0 aromatic heterocycles. The number of carboxylic acids is 1. The van der Waals surface area contributed by atoms with Crippen molar-refractivity contribution in [3.8, 4) is 5.75 Å². The Morgan fingerprint density at radius 1 is 1.47 bits per heavy atom. The Bertz CT molecular complexity index is 321. The highest BCUT2D eigenvalue weighted by Gasteiger charge is 2.08. The van der Waals surface area contributed by atoms with Gasteiger partial charge in [-0.3, -0.25) is 4.79 Å². The van der Waals surface area contributed by atoms with Gasteiger partial charge in [-0.15, -0.1) is 0 Å². The van der Waals surface area contributed by atoms with Crippen molar-refractivity contribution in [1.29, 1.82) is 0 Å². The topological polar surface area (TPSA) is 72.5 Å². The molecule has 1 aromatic carbocycles. The van der Waals surface area contributed by atoms with E-state index in [0.717, 1.165) is 5.56 Å². The first kappa shape index (κ1) is 11.5. The van der Waals surface area contributed by atoms with Crippen molar-refractivity contribution >= 4 is 5.97 Å². The van der Waals surface area contributed by atoms with Gasteiger partial charge in [-0.25, -0.2) is 0 Å². The standard InChI is InChI=1S/C11H15NO3/c1-8-2-4-10(5-3-8)15-7-9(12)6-11(13)14/h2-5,9H,6-7,12H2,1H3,(H,13,14). The average molecular weight is 209 g/mol. The third kappa shape index (κ3) is 4.46. The first-order valence-corrected chi connectivity index (χ1v) is 4.75. The van der Waals surface area contributed by atoms with Crippen molar-refractivity contribution in [2.45, 2.75) is 19.4 Å². The van der Waals surface area contributed by atoms with Crippen molar-refractivity contribution in [3.05, 3.63) is 29.8 Å². The molecular formula is C11H15NO3. The van der Waals surface area contributed by atoms with E-state index in [1.807, 2.05) is 31.2 Å². The van der Waals surface area contributed by atoms with Gasteiger partial charge < -0.3 is 15.6 Å². The van der Waals surface area contributed by atoms with Crippen molar-refractivity contribution < 1.29 is 14.6 Å². The van der Waals surface area contributed by atoms with E-state index in [0.29, 0.717) is 5.75 Å². The number of carboxylic acid groups (broad SMARTS) is 1. The lowest BCUT2D eigenvalue weighted by Crippen LogP contribution is -2.30. The molecule has 0 saturated carbocycles. The number of aliphatic carboxylic acids is 1. The Morgan fingerprint density at radius 2 is 2.07 bits per heavy atom. The summed E-state index contributed by atoms with van der Waals surface area (Å²) < 4.78 is 5.34. The highest BCUT2D eigenvalue weighted by Crippen LogP contribution is 2.11. The van der Waals surface area contributed by atoms with Gasteiger partial charge in [-0.1, -0.05) is 17.7 Å². The molecule has 0 radical (unpaired) electrons. The highest BCUT2D eigenvalue weighted by molar-refractivity contribution is 5.67. The Balaban J connectivity index is 2.36. The second-order valence-corrected chi connectivity index (χ2v) is 3.48. The number of aryl methyl sites for hydroxylation is 1. The van der Waals surface area contributed by atoms with Crippen LogP contribution >= 0.6 is 0 Å². The van der Waals surface area contributed by atoms with Crippen LogP contribution in [0, 0.1) is 6.92 Å². The summed E-state index contributed by atoms with van der Waals surface area (Å²) in [7, 11) is 0. The van der Waals surface area contributed by atoms with E-state index in [-0.39, 0.29) is 13.0 Å². The van der Waals surface area contributed by atoms with Crippen LogP contribution in [0.3, 0.4) is 0 Å². The largest absolute Gasteiger partial charge is 0.492 e. The molecule has 15 heavy (non-hydrogen) atoms. The van der Waals surface area contributed by atoms with Crippen LogP contribution in [0.15, 0.2) is 24.3 Å². The number of hydrogen-bond donors (Lipinski definition) is 2. The van der Waals surface area contributed by atoms with Crippen LogP contribution in [0.25, 0.3) is 0 Å². The van der Waals surface area contributed by atoms with Gasteiger partial charge in [0.15, 0.2) is 0 Å². The lowest BCUT2D eigenvalue weighted by atomic mass is 10.2. The summed E-state index contributed by atoms with van der Waals surface area (Å²) in [5.41, 5.74) is 6.70. The van der Waals surface area contributed by atoms with E-state index in [9.17, 15) is 4.79 Å². The van der Waals surface area contributed by atoms with Crippen LogP contribution in [0.1, 0.15) is 12.0 Å². The molecule has 0 aliphatic heterocycles. The summed E-state index contributed by atoms with van der Waals surface area (Å²) in [4.78, 5) is 10.3. The number of carbonyl (C=O) groups is 1. The summed E-state index contributed by atoms with van der Waals surface area (Å²) in [6, 6.07) is 7.06. The van der Waals surface area contributed by atoms with Gasteiger partial charge in [0, 0.05) is 6.04 Å². The molecule has 0 aliphatic carbocycles. The first-order valence-electron chi connectivity index (χ1n) is 4.75. The maximum absolute atomic E-state index is 10.3. The molecule has 4 heteroatoms. The molecule has 1 aromatic rings. The van der Waals surface area contributed by atoms with E-state index in [1.54, 1.807) is 0 Å². The second kappa shape index (κ2) is 5.36. The van der Waals surface area contributed by atoms with Gasteiger partial charge in [0.1, 0.15) is 12.4 Å². The average Bonchev–Trinajstić information content (AvgIpc) is 2.16. The predicted molar refractivity (Wildman–Crippen MR) is 56.9 cm³/mol. The maximum atomic E-state index is 10.3. The number of rotatable bonds is 5. The van der Waals surface area contributed by atoms with E-state index in [1.165, 1.54) is 0 Å². The molecule has 0 spiro atoms. The molecule has 3 N–H and O–H groups in total. The molecule has 82 valence electrons. The van der Waals surface area contributed by atoms with Gasteiger partial charge in [0.25, 0.3) is 0 Å². The molecule has 4 nitrogen and oxygen atoms in total. The molecule has 1 rings (SSSR count). The van der Waals surface area contributed by atoms with Gasteiger partial charge in [0.2, 0.25) is 0 Å². The maximum Gasteiger partial charge on any atom is 0.305 e. The zero-order valence-corrected chi connectivity index (χ0v) is 8.64. The zero-order chi connectivity index (χ0) is 11.3. The Labute approximate surface area is 88.7 Å². The van der Waals surface area contributed by atoms with Gasteiger partial charge in [0.05, 0.1) is 6.42 Å². The van der Waals surface area contributed by atoms with Gasteiger partial charge >= 0.3 is 5.97 Å². The number of benzene rings is 1. The molecule has 0 fully saturated rings. The van der Waals surface area contributed by atoms with E-state index in [2.05, 4.69) is 0 Å². The Hall–Kier alpha value is -1.55. The Kier molecular flexibility index (Phi) is 4.12. The third-order valence-corrected chi connectivity index (χ3v) is 1.92.